The van der Waals surface area contributed by atoms with Crippen molar-refractivity contribution in [3.63, 3.8) is 0 Å². The summed E-state index contributed by atoms with van der Waals surface area (Å²) in [5.41, 5.74) is 2.79. The molecule has 0 radical (unpaired) electrons. The second-order valence-corrected chi connectivity index (χ2v) is 4.27. The summed E-state index contributed by atoms with van der Waals surface area (Å²) in [4.78, 5) is 18.6. The number of benzene rings is 1. The van der Waals surface area contributed by atoms with Gasteiger partial charge in [0.15, 0.2) is 0 Å². The van der Waals surface area contributed by atoms with Gasteiger partial charge in [-0.2, -0.15) is 0 Å². The third-order valence-corrected chi connectivity index (χ3v) is 2.89. The molecule has 0 amide bonds. The van der Waals surface area contributed by atoms with Crippen molar-refractivity contribution in [2.75, 3.05) is 0 Å². The first kappa shape index (κ1) is 12.5. The van der Waals surface area contributed by atoms with Crippen molar-refractivity contribution in [2.24, 2.45) is 0 Å². The summed E-state index contributed by atoms with van der Waals surface area (Å²) < 4.78 is 13.1. The molecule has 0 spiro atoms. The highest BCUT2D eigenvalue weighted by molar-refractivity contribution is 5.66. The molecule has 4 heteroatoms. The monoisotopic (exact) mass is 246 g/mol. The molecule has 0 fully saturated rings. The number of nitrogens with one attached hydrogen (secondary N) is 1. The van der Waals surface area contributed by atoms with E-state index in [1.807, 2.05) is 13.8 Å². The van der Waals surface area contributed by atoms with Crippen LogP contribution in [-0.2, 0) is 6.42 Å². The van der Waals surface area contributed by atoms with Crippen LogP contribution in [0.2, 0.25) is 0 Å². The molecule has 1 N–H and O–H groups in total. The normalized spacial score (nSPS) is 10.6. The van der Waals surface area contributed by atoms with Crippen LogP contribution in [0.1, 0.15) is 24.5 Å². The van der Waals surface area contributed by atoms with Gasteiger partial charge in [0.2, 0.25) is 0 Å². The van der Waals surface area contributed by atoms with Gasteiger partial charge in [-0.05, 0) is 37.1 Å². The van der Waals surface area contributed by atoms with E-state index in [0.29, 0.717) is 17.7 Å². The van der Waals surface area contributed by atoms with Crippen LogP contribution in [0.3, 0.4) is 0 Å². The minimum absolute atomic E-state index is 0.120. The Morgan fingerprint density at radius 1 is 1.39 bits per heavy atom. The minimum Gasteiger partial charge on any atom is -0.313 e. The summed E-state index contributed by atoms with van der Waals surface area (Å²) in [6, 6.07) is 4.51. The van der Waals surface area contributed by atoms with Crippen LogP contribution < -0.4 is 5.56 Å². The first-order valence-corrected chi connectivity index (χ1v) is 5.96. The van der Waals surface area contributed by atoms with Crippen LogP contribution in [0.4, 0.5) is 4.39 Å². The number of H-pyrrole nitrogens is 1. The van der Waals surface area contributed by atoms with Gasteiger partial charge < -0.3 is 4.98 Å². The van der Waals surface area contributed by atoms with Crippen LogP contribution in [0, 0.1) is 12.7 Å². The summed E-state index contributed by atoms with van der Waals surface area (Å²) in [5, 5.41) is 0. The fourth-order valence-corrected chi connectivity index (χ4v) is 2.03. The third-order valence-electron chi connectivity index (χ3n) is 2.89. The molecule has 0 unspecified atom stereocenters. The quantitative estimate of drug-likeness (QED) is 0.905. The zero-order valence-corrected chi connectivity index (χ0v) is 10.5. The lowest BCUT2D eigenvalue weighted by Crippen LogP contribution is -2.15. The van der Waals surface area contributed by atoms with Gasteiger partial charge in [0, 0.05) is 11.1 Å². The Labute approximate surface area is 105 Å². The third kappa shape index (κ3) is 2.32. The highest BCUT2D eigenvalue weighted by Crippen LogP contribution is 2.24. The molecule has 2 aromatic rings. The lowest BCUT2D eigenvalue weighted by molar-refractivity contribution is 0.627. The number of nitrogens with zero attached hydrogens (tertiary/aromatic N) is 1. The summed E-state index contributed by atoms with van der Waals surface area (Å²) >= 11 is 0. The maximum atomic E-state index is 13.1. The number of aromatic amines is 1. The van der Waals surface area contributed by atoms with Gasteiger partial charge in [-0.25, -0.2) is 9.37 Å². The number of aromatic nitrogens is 2. The SMILES string of the molecule is CCCc1c(-c2ccc(F)cc2C)nc[nH]c1=O. The van der Waals surface area contributed by atoms with Gasteiger partial charge in [-0.3, -0.25) is 4.79 Å². The van der Waals surface area contributed by atoms with Crippen molar-refractivity contribution in [1.29, 1.82) is 0 Å². The van der Waals surface area contributed by atoms with Crippen molar-refractivity contribution >= 4 is 0 Å². The second kappa shape index (κ2) is 5.12. The fraction of sp³-hybridized carbons (Fsp3) is 0.286. The predicted molar refractivity (Wildman–Crippen MR) is 69.0 cm³/mol. The predicted octanol–water partition coefficient (Wildman–Crippen LogP) is 2.84. The molecule has 1 heterocycles. The first-order valence-electron chi connectivity index (χ1n) is 5.96. The zero-order chi connectivity index (χ0) is 13.1. The number of aryl methyl sites for hydroxylation is 1. The van der Waals surface area contributed by atoms with E-state index in [1.54, 1.807) is 6.07 Å². The maximum Gasteiger partial charge on any atom is 0.254 e. The first-order chi connectivity index (χ1) is 8.63. The van der Waals surface area contributed by atoms with Crippen molar-refractivity contribution in [1.82, 2.24) is 9.97 Å². The summed E-state index contributed by atoms with van der Waals surface area (Å²) in [7, 11) is 0. The summed E-state index contributed by atoms with van der Waals surface area (Å²) in [6.07, 6.45) is 2.91. The van der Waals surface area contributed by atoms with Gasteiger partial charge in [0.1, 0.15) is 5.82 Å². The Bertz CT molecular complexity index is 619. The Morgan fingerprint density at radius 2 is 2.17 bits per heavy atom. The van der Waals surface area contributed by atoms with Gasteiger partial charge >= 0.3 is 0 Å². The Morgan fingerprint density at radius 3 is 2.83 bits per heavy atom. The Hall–Kier alpha value is -1.97. The van der Waals surface area contributed by atoms with E-state index in [1.165, 1.54) is 18.5 Å². The number of hydrogen-bond acceptors (Lipinski definition) is 2. The van der Waals surface area contributed by atoms with E-state index in [4.69, 9.17) is 0 Å². The lowest BCUT2D eigenvalue weighted by Gasteiger charge is -2.09. The van der Waals surface area contributed by atoms with Crippen molar-refractivity contribution < 1.29 is 4.39 Å². The van der Waals surface area contributed by atoms with E-state index >= 15 is 0 Å². The van der Waals surface area contributed by atoms with E-state index < -0.39 is 0 Å². The van der Waals surface area contributed by atoms with Crippen molar-refractivity contribution in [2.45, 2.75) is 26.7 Å². The van der Waals surface area contributed by atoms with Gasteiger partial charge in [-0.15, -0.1) is 0 Å². The standard InChI is InChI=1S/C14H15FN2O/c1-3-4-12-13(16-8-17-14(12)18)11-6-5-10(15)7-9(11)2/h5-8H,3-4H2,1-2H3,(H,16,17,18). The van der Waals surface area contributed by atoms with Gasteiger partial charge in [0.25, 0.3) is 5.56 Å². The minimum atomic E-state index is -0.280. The molecular formula is C14H15FN2O. The Kier molecular flexibility index (Phi) is 3.55. The number of rotatable bonds is 3. The van der Waals surface area contributed by atoms with Gasteiger partial charge in [0.05, 0.1) is 12.0 Å². The van der Waals surface area contributed by atoms with Crippen LogP contribution in [0.15, 0.2) is 29.3 Å². The molecule has 0 atom stereocenters. The molecule has 0 bridgehead atoms. The molecule has 0 saturated heterocycles. The van der Waals surface area contributed by atoms with E-state index in [-0.39, 0.29) is 11.4 Å². The maximum absolute atomic E-state index is 13.1. The number of halogens is 1. The summed E-state index contributed by atoms with van der Waals surface area (Å²) in [6.45, 7) is 3.82. The smallest absolute Gasteiger partial charge is 0.254 e. The average molecular weight is 246 g/mol. The lowest BCUT2D eigenvalue weighted by atomic mass is 10.00. The number of hydrogen-bond donors (Lipinski definition) is 1. The average Bonchev–Trinajstić information content (AvgIpc) is 2.32. The van der Waals surface area contributed by atoms with Crippen LogP contribution >= 0.6 is 0 Å². The van der Waals surface area contributed by atoms with Crippen LogP contribution in [0.5, 0.6) is 0 Å². The van der Waals surface area contributed by atoms with Gasteiger partial charge in [-0.1, -0.05) is 13.3 Å². The highest BCUT2D eigenvalue weighted by atomic mass is 19.1. The highest BCUT2D eigenvalue weighted by Gasteiger charge is 2.12. The molecule has 18 heavy (non-hydrogen) atoms. The molecule has 1 aromatic heterocycles. The summed E-state index contributed by atoms with van der Waals surface area (Å²) in [5.74, 6) is -0.280. The van der Waals surface area contributed by atoms with Crippen LogP contribution in [-0.4, -0.2) is 9.97 Å². The Balaban J connectivity index is 2.63. The fourth-order valence-electron chi connectivity index (χ4n) is 2.03. The topological polar surface area (TPSA) is 45.8 Å². The largest absolute Gasteiger partial charge is 0.313 e. The van der Waals surface area contributed by atoms with Crippen molar-refractivity contribution in [3.8, 4) is 11.3 Å². The molecular weight excluding hydrogens is 231 g/mol. The molecule has 0 saturated carbocycles. The molecule has 1 aromatic carbocycles. The van der Waals surface area contributed by atoms with Crippen molar-refractivity contribution in [3.05, 3.63) is 51.8 Å². The zero-order valence-electron chi connectivity index (χ0n) is 10.5. The van der Waals surface area contributed by atoms with Crippen LogP contribution in [0.25, 0.3) is 11.3 Å². The van der Waals surface area contributed by atoms with E-state index in [9.17, 15) is 9.18 Å². The van der Waals surface area contributed by atoms with E-state index in [2.05, 4.69) is 9.97 Å². The second-order valence-electron chi connectivity index (χ2n) is 4.27. The van der Waals surface area contributed by atoms with E-state index in [0.717, 1.165) is 17.5 Å². The molecule has 94 valence electrons. The molecule has 2 rings (SSSR count). The molecule has 0 aliphatic carbocycles. The molecule has 0 aliphatic heterocycles. The molecule has 0 aliphatic rings. The molecule has 3 nitrogen and oxygen atoms in total.